The summed E-state index contributed by atoms with van der Waals surface area (Å²) in [4.78, 5) is 0. The fourth-order valence-electron chi connectivity index (χ4n) is 0. The Bertz CT molecular complexity index is 21.4. The van der Waals surface area contributed by atoms with Crippen molar-refractivity contribution in [1.29, 1.82) is 0 Å². The molecule has 0 aromatic heterocycles. The van der Waals surface area contributed by atoms with Gasteiger partial charge in [-0.3, -0.25) is 0 Å². The van der Waals surface area contributed by atoms with Crippen LogP contribution in [0.3, 0.4) is 0 Å². The first-order valence-corrected chi connectivity index (χ1v) is 16.9. The van der Waals surface area contributed by atoms with Gasteiger partial charge in [0.2, 0.25) is 0 Å². The third-order valence-electron chi connectivity index (χ3n) is 0. The van der Waals surface area contributed by atoms with Gasteiger partial charge in [-0.05, 0) is 0 Å². The summed E-state index contributed by atoms with van der Waals surface area (Å²) in [5.41, 5.74) is 0. The Kier molecular flexibility index (Phi) is 21.0. The summed E-state index contributed by atoms with van der Waals surface area (Å²) < 4.78 is 0. The van der Waals surface area contributed by atoms with Crippen LogP contribution in [0.5, 0.6) is 0 Å². The van der Waals surface area contributed by atoms with E-state index in [1.807, 2.05) is 6.92 Å². The molecule has 0 nitrogen and oxygen atoms in total. The molecular formula is C3H7I3Ti. The van der Waals surface area contributed by atoms with E-state index in [9.17, 15) is 0 Å². The van der Waals surface area contributed by atoms with E-state index in [2.05, 4.69) is 64.5 Å². The van der Waals surface area contributed by atoms with Gasteiger partial charge in [0.25, 0.3) is 0 Å². The van der Waals surface area contributed by atoms with Gasteiger partial charge in [-0.1, -0.05) is 6.92 Å². The quantitative estimate of drug-likeness (QED) is 0.286. The van der Waals surface area contributed by atoms with Gasteiger partial charge >= 0.3 is 64.2 Å². The third-order valence-corrected chi connectivity index (χ3v) is 0. The van der Waals surface area contributed by atoms with Gasteiger partial charge in [0.15, 0.2) is 0 Å². The molecule has 4 heteroatoms. The zero-order valence-electron chi connectivity index (χ0n) is 4.05. The van der Waals surface area contributed by atoms with Crippen molar-refractivity contribution >= 4 is 57.6 Å². The Morgan fingerprint density at radius 3 is 1.43 bits per heavy atom. The van der Waals surface area contributed by atoms with Crippen molar-refractivity contribution in [2.75, 3.05) is 0 Å². The Hall–Kier alpha value is 2.90. The SMILES string of the molecule is [CH2-]CC.[I][Ti+]([I])[I]. The predicted molar refractivity (Wildman–Crippen MR) is 57.7 cm³/mol. The first kappa shape index (κ1) is 12.6. The van der Waals surface area contributed by atoms with Crippen LogP contribution in [0.4, 0.5) is 0 Å². The van der Waals surface area contributed by atoms with E-state index in [0.717, 1.165) is 6.42 Å². The van der Waals surface area contributed by atoms with Gasteiger partial charge in [-0.25, -0.2) is 0 Å². The summed E-state index contributed by atoms with van der Waals surface area (Å²) in [6, 6.07) is 0. The second-order valence-corrected chi connectivity index (χ2v) is 40.3. The molecule has 0 aliphatic heterocycles. The first-order chi connectivity index (χ1) is 3.15. The van der Waals surface area contributed by atoms with Crippen molar-refractivity contribution in [3.63, 3.8) is 0 Å². The molecule has 0 bridgehead atoms. The molecular weight excluding hydrogens is 465 g/mol. The fourth-order valence-corrected chi connectivity index (χ4v) is 0. The third kappa shape index (κ3) is 50.3. The molecule has 44 valence electrons. The zero-order valence-corrected chi connectivity index (χ0v) is 12.1. The zero-order chi connectivity index (χ0) is 6.28. The van der Waals surface area contributed by atoms with E-state index in [0.29, 0.717) is 0 Å². The molecule has 0 heterocycles. The second kappa shape index (κ2) is 11.7. The fraction of sp³-hybridized carbons (Fsp3) is 0.667. The van der Waals surface area contributed by atoms with Crippen LogP contribution in [-0.2, 0) is 6.63 Å². The maximum atomic E-state index is 3.49. The molecule has 0 unspecified atom stereocenters. The van der Waals surface area contributed by atoms with Crippen LogP contribution in [0.25, 0.3) is 0 Å². The van der Waals surface area contributed by atoms with Crippen LogP contribution in [0.15, 0.2) is 0 Å². The Morgan fingerprint density at radius 2 is 1.43 bits per heavy atom. The van der Waals surface area contributed by atoms with Crippen LogP contribution < -0.4 is 0 Å². The van der Waals surface area contributed by atoms with Crippen molar-refractivity contribution in [2.24, 2.45) is 0 Å². The van der Waals surface area contributed by atoms with Gasteiger partial charge in [-0.2, -0.15) is 6.42 Å². The average molecular weight is 472 g/mol. The van der Waals surface area contributed by atoms with Crippen molar-refractivity contribution < 1.29 is 6.63 Å². The summed E-state index contributed by atoms with van der Waals surface area (Å²) >= 11 is 7.45. The van der Waals surface area contributed by atoms with Crippen LogP contribution in [0.2, 0.25) is 0 Å². The summed E-state index contributed by atoms with van der Waals surface area (Å²) in [7, 11) is 0. The molecule has 0 atom stereocenters. The van der Waals surface area contributed by atoms with E-state index in [1.165, 1.54) is 0 Å². The molecule has 0 aromatic carbocycles. The molecule has 0 saturated carbocycles. The van der Waals surface area contributed by atoms with E-state index in [1.54, 1.807) is 0 Å². The van der Waals surface area contributed by atoms with E-state index in [-0.39, 0.29) is 0 Å². The minimum absolute atomic E-state index is 0.423. The molecule has 0 aromatic rings. The molecule has 0 aliphatic carbocycles. The normalized spacial score (nSPS) is 6.43. The summed E-state index contributed by atoms with van der Waals surface area (Å²) in [5.74, 6) is 0. The predicted octanol–water partition coefficient (Wildman–Crippen LogP) is 3.89. The van der Waals surface area contributed by atoms with Crippen molar-refractivity contribution in [1.82, 2.24) is 0 Å². The summed E-state index contributed by atoms with van der Waals surface area (Å²) in [6.07, 6.45) is 1.00. The van der Waals surface area contributed by atoms with Gasteiger partial charge in [-0.15, -0.1) is 0 Å². The number of rotatable bonds is 0. The molecule has 7 heavy (non-hydrogen) atoms. The van der Waals surface area contributed by atoms with Gasteiger partial charge < -0.3 is 6.92 Å². The van der Waals surface area contributed by atoms with E-state index < -0.39 is 6.63 Å². The molecule has 0 aliphatic rings. The molecule has 0 N–H and O–H groups in total. The van der Waals surface area contributed by atoms with Crippen molar-refractivity contribution in [3.8, 4) is 0 Å². The van der Waals surface area contributed by atoms with E-state index >= 15 is 0 Å². The molecule has 0 saturated heterocycles. The number of halogens is 3. The standard InChI is InChI=1S/C3H7.3HI.Ti/c1-3-2;;;;/h1,3H2,2H3;3*1H;/q-1;;;;+4/p-3. The van der Waals surface area contributed by atoms with Crippen LogP contribution in [0, 0.1) is 6.92 Å². The second-order valence-electron chi connectivity index (χ2n) is 0.714. The van der Waals surface area contributed by atoms with Crippen molar-refractivity contribution in [2.45, 2.75) is 13.3 Å². The molecule has 0 rings (SSSR count). The van der Waals surface area contributed by atoms with E-state index in [4.69, 9.17) is 0 Å². The topological polar surface area (TPSA) is 0 Å². The van der Waals surface area contributed by atoms with Crippen LogP contribution >= 0.6 is 57.6 Å². The molecule has 0 amide bonds. The molecule has 0 radical (unpaired) electrons. The maximum absolute atomic E-state index is 3.49. The number of hydrogen-bond donors (Lipinski definition) is 0. The Labute approximate surface area is 82.5 Å². The van der Waals surface area contributed by atoms with Crippen molar-refractivity contribution in [3.05, 3.63) is 6.92 Å². The van der Waals surface area contributed by atoms with Crippen LogP contribution in [-0.4, -0.2) is 0 Å². The minimum atomic E-state index is -0.423. The van der Waals surface area contributed by atoms with Gasteiger partial charge in [0.1, 0.15) is 0 Å². The van der Waals surface area contributed by atoms with Crippen LogP contribution in [0.1, 0.15) is 13.3 Å². The first-order valence-electron chi connectivity index (χ1n) is 1.77. The molecule has 0 fully saturated rings. The average Bonchev–Trinajstić information content (AvgIpc) is 1.33. The Balaban J connectivity index is 0. The molecule has 0 spiro atoms. The monoisotopic (exact) mass is 472 g/mol. The van der Waals surface area contributed by atoms with Gasteiger partial charge in [0, 0.05) is 0 Å². The summed E-state index contributed by atoms with van der Waals surface area (Å²) in [5, 5.41) is 0. The number of hydrogen-bond acceptors (Lipinski definition) is 0. The Morgan fingerprint density at radius 1 is 1.43 bits per heavy atom. The summed E-state index contributed by atoms with van der Waals surface area (Å²) in [6.45, 7) is 5.08. The van der Waals surface area contributed by atoms with Gasteiger partial charge in [0.05, 0.1) is 0 Å².